The van der Waals surface area contributed by atoms with Gasteiger partial charge in [0.2, 0.25) is 0 Å². The Morgan fingerprint density at radius 3 is 2.70 bits per heavy atom. The second kappa shape index (κ2) is 6.53. The Labute approximate surface area is 154 Å². The summed E-state index contributed by atoms with van der Waals surface area (Å²) in [5, 5.41) is 11.3. The molecule has 2 aromatic carbocycles. The summed E-state index contributed by atoms with van der Waals surface area (Å²) in [4.78, 5) is 29.6. The Hall–Kier alpha value is -3.74. The van der Waals surface area contributed by atoms with Gasteiger partial charge in [-0.2, -0.15) is 5.10 Å². The average molecular weight is 359 g/mol. The molecular weight excluding hydrogens is 342 g/mol. The van der Waals surface area contributed by atoms with Gasteiger partial charge in [0.15, 0.2) is 5.78 Å². The van der Waals surface area contributed by atoms with E-state index in [9.17, 15) is 9.59 Å². The summed E-state index contributed by atoms with van der Waals surface area (Å²) in [6.07, 6.45) is 1.70. The van der Waals surface area contributed by atoms with Crippen LogP contribution in [-0.4, -0.2) is 33.4 Å². The maximum absolute atomic E-state index is 12.9. The molecule has 1 amide bonds. The number of anilines is 1. The zero-order chi connectivity index (χ0) is 19.0. The van der Waals surface area contributed by atoms with E-state index in [-0.39, 0.29) is 18.2 Å². The Kier molecular flexibility index (Phi) is 4.04. The quantitative estimate of drug-likeness (QED) is 0.383. The smallest absolute Gasteiger partial charge is 0.251 e. The van der Waals surface area contributed by atoms with Crippen LogP contribution in [0.5, 0.6) is 0 Å². The molecule has 7 heteroatoms. The normalized spacial score (nSPS) is 11.0. The van der Waals surface area contributed by atoms with Crippen molar-refractivity contribution in [3.8, 4) is 0 Å². The van der Waals surface area contributed by atoms with Gasteiger partial charge in [-0.15, -0.1) is 0 Å². The fourth-order valence-electron chi connectivity index (χ4n) is 3.08. The Bertz CT molecular complexity index is 1180. The van der Waals surface area contributed by atoms with Crippen molar-refractivity contribution < 1.29 is 9.59 Å². The van der Waals surface area contributed by atoms with E-state index in [4.69, 9.17) is 5.73 Å². The Balaban J connectivity index is 1.65. The highest BCUT2D eigenvalue weighted by molar-refractivity contribution is 6.17. The van der Waals surface area contributed by atoms with Crippen LogP contribution < -0.4 is 11.1 Å². The number of amides is 1. The van der Waals surface area contributed by atoms with Crippen molar-refractivity contribution >= 4 is 39.2 Å². The second-order valence-electron chi connectivity index (χ2n) is 6.33. The number of ketones is 1. The number of H-pyrrole nitrogens is 1. The molecule has 0 spiro atoms. The molecule has 0 saturated heterocycles. The number of benzene rings is 2. The lowest BCUT2D eigenvalue weighted by atomic mass is 10.0. The molecule has 2 heterocycles. The Morgan fingerprint density at radius 2 is 1.93 bits per heavy atom. The van der Waals surface area contributed by atoms with E-state index < -0.39 is 0 Å². The SMILES string of the molecule is Cc1cc(C(=O)CNC(=O)c2ccc(N)cc2)c2c(ccc3cn[nH]c32)n1. The number of nitrogens with two attached hydrogens (primary N) is 1. The lowest BCUT2D eigenvalue weighted by Gasteiger charge is -2.09. The molecule has 0 saturated carbocycles. The number of carbonyl (C=O) groups excluding carboxylic acids is 2. The van der Waals surface area contributed by atoms with Crippen LogP contribution >= 0.6 is 0 Å². The predicted molar refractivity (Wildman–Crippen MR) is 104 cm³/mol. The molecule has 0 aliphatic carbocycles. The molecule has 2 aromatic heterocycles. The number of hydrogen-bond donors (Lipinski definition) is 3. The second-order valence-corrected chi connectivity index (χ2v) is 6.33. The highest BCUT2D eigenvalue weighted by Gasteiger charge is 2.16. The van der Waals surface area contributed by atoms with Crippen molar-refractivity contribution in [2.24, 2.45) is 0 Å². The van der Waals surface area contributed by atoms with Crippen LogP contribution in [0.1, 0.15) is 26.4 Å². The fourth-order valence-corrected chi connectivity index (χ4v) is 3.08. The maximum Gasteiger partial charge on any atom is 0.251 e. The zero-order valence-corrected chi connectivity index (χ0v) is 14.6. The number of carbonyl (C=O) groups is 2. The lowest BCUT2D eigenvalue weighted by Crippen LogP contribution is -2.29. The topological polar surface area (TPSA) is 114 Å². The van der Waals surface area contributed by atoms with Gasteiger partial charge < -0.3 is 11.1 Å². The third kappa shape index (κ3) is 3.10. The van der Waals surface area contributed by atoms with Gasteiger partial charge in [-0.3, -0.25) is 19.7 Å². The van der Waals surface area contributed by atoms with Gasteiger partial charge in [-0.05, 0) is 49.4 Å². The first-order valence-electron chi connectivity index (χ1n) is 8.43. The molecule has 0 aliphatic heterocycles. The number of nitrogen functional groups attached to an aromatic ring is 1. The van der Waals surface area contributed by atoms with Gasteiger partial charge in [-0.1, -0.05) is 0 Å². The molecule has 0 unspecified atom stereocenters. The van der Waals surface area contributed by atoms with Crippen LogP contribution in [0.25, 0.3) is 21.8 Å². The Morgan fingerprint density at radius 1 is 1.15 bits per heavy atom. The predicted octanol–water partition coefficient (Wildman–Crippen LogP) is 2.61. The van der Waals surface area contributed by atoms with E-state index >= 15 is 0 Å². The molecule has 134 valence electrons. The van der Waals surface area contributed by atoms with E-state index in [0.717, 1.165) is 16.6 Å². The van der Waals surface area contributed by atoms with E-state index in [1.165, 1.54) is 0 Å². The molecule has 4 aromatic rings. The van der Waals surface area contributed by atoms with Crippen molar-refractivity contribution in [2.75, 3.05) is 12.3 Å². The third-order valence-electron chi connectivity index (χ3n) is 4.40. The van der Waals surface area contributed by atoms with Gasteiger partial charge in [0.25, 0.3) is 5.91 Å². The van der Waals surface area contributed by atoms with Gasteiger partial charge in [-0.25, -0.2) is 0 Å². The molecule has 7 nitrogen and oxygen atoms in total. The lowest BCUT2D eigenvalue weighted by molar-refractivity contribution is 0.0904. The van der Waals surface area contributed by atoms with Gasteiger partial charge >= 0.3 is 0 Å². The molecule has 4 rings (SSSR count). The minimum Gasteiger partial charge on any atom is -0.399 e. The number of hydrogen-bond acceptors (Lipinski definition) is 5. The number of nitrogens with one attached hydrogen (secondary N) is 2. The molecule has 0 radical (unpaired) electrons. The number of pyridine rings is 1. The summed E-state index contributed by atoms with van der Waals surface area (Å²) in [5.41, 5.74) is 9.35. The number of Topliss-reactive ketones (excluding diaryl/α,β-unsaturated/α-hetero) is 1. The molecule has 0 atom stereocenters. The van der Waals surface area contributed by atoms with Crippen LogP contribution in [0.4, 0.5) is 5.69 Å². The summed E-state index contributed by atoms with van der Waals surface area (Å²) >= 11 is 0. The number of aryl methyl sites for hydroxylation is 1. The first-order valence-corrected chi connectivity index (χ1v) is 8.43. The first-order chi connectivity index (χ1) is 13.0. The summed E-state index contributed by atoms with van der Waals surface area (Å²) in [6, 6.07) is 12.0. The van der Waals surface area contributed by atoms with Crippen molar-refractivity contribution in [1.29, 1.82) is 0 Å². The molecule has 4 N–H and O–H groups in total. The minimum atomic E-state index is -0.329. The number of fused-ring (bicyclic) bond motifs is 3. The highest BCUT2D eigenvalue weighted by Crippen LogP contribution is 2.26. The summed E-state index contributed by atoms with van der Waals surface area (Å²) < 4.78 is 0. The first kappa shape index (κ1) is 16.7. The van der Waals surface area contributed by atoms with E-state index in [0.29, 0.717) is 27.7 Å². The van der Waals surface area contributed by atoms with Gasteiger partial charge in [0.1, 0.15) is 0 Å². The van der Waals surface area contributed by atoms with Crippen molar-refractivity contribution in [3.05, 3.63) is 65.5 Å². The molecular formula is C20H17N5O2. The molecule has 0 aliphatic rings. The highest BCUT2D eigenvalue weighted by atomic mass is 16.2. The monoisotopic (exact) mass is 359 g/mol. The zero-order valence-electron chi connectivity index (χ0n) is 14.6. The number of nitrogens with zero attached hydrogens (tertiary/aromatic N) is 2. The van der Waals surface area contributed by atoms with Crippen molar-refractivity contribution in [3.63, 3.8) is 0 Å². The number of rotatable bonds is 4. The van der Waals surface area contributed by atoms with Crippen LogP contribution in [0.3, 0.4) is 0 Å². The molecule has 0 bridgehead atoms. The van der Waals surface area contributed by atoms with Crippen LogP contribution in [0.15, 0.2) is 48.7 Å². The summed E-state index contributed by atoms with van der Waals surface area (Å²) in [5.74, 6) is -0.526. The van der Waals surface area contributed by atoms with Crippen molar-refractivity contribution in [1.82, 2.24) is 20.5 Å². The van der Waals surface area contributed by atoms with Crippen LogP contribution in [0.2, 0.25) is 0 Å². The number of aromatic nitrogens is 3. The van der Waals surface area contributed by atoms with E-state index in [2.05, 4.69) is 20.5 Å². The standard InChI is InChI=1S/C20H17N5O2/c1-11-8-15(18-16(24-11)7-4-13-9-23-25-19(13)18)17(26)10-22-20(27)12-2-5-14(21)6-3-12/h2-9H,10,21H2,1H3,(H,22,27)(H,23,25). The van der Waals surface area contributed by atoms with Gasteiger partial charge in [0, 0.05) is 33.3 Å². The third-order valence-corrected chi connectivity index (χ3v) is 4.40. The van der Waals surface area contributed by atoms with Crippen LogP contribution in [0, 0.1) is 6.92 Å². The van der Waals surface area contributed by atoms with Crippen LogP contribution in [-0.2, 0) is 0 Å². The number of aromatic amines is 1. The average Bonchev–Trinajstić information content (AvgIpc) is 3.14. The largest absolute Gasteiger partial charge is 0.399 e. The molecule has 27 heavy (non-hydrogen) atoms. The van der Waals surface area contributed by atoms with Crippen molar-refractivity contribution in [2.45, 2.75) is 6.92 Å². The minimum absolute atomic E-state index is 0.119. The summed E-state index contributed by atoms with van der Waals surface area (Å²) in [7, 11) is 0. The summed E-state index contributed by atoms with van der Waals surface area (Å²) in [6.45, 7) is 1.71. The fraction of sp³-hybridized carbons (Fsp3) is 0.100. The van der Waals surface area contributed by atoms with E-state index in [1.54, 1.807) is 36.5 Å². The molecule has 0 fully saturated rings. The maximum atomic E-state index is 12.9. The van der Waals surface area contributed by atoms with Gasteiger partial charge in [0.05, 0.1) is 23.8 Å². The van der Waals surface area contributed by atoms with E-state index in [1.807, 2.05) is 19.1 Å².